The van der Waals surface area contributed by atoms with Crippen LogP contribution in [-0.4, -0.2) is 35.3 Å². The summed E-state index contributed by atoms with van der Waals surface area (Å²) in [6.45, 7) is 1.56. The molecule has 1 fully saturated rings. The molecule has 200 valence electrons. The highest BCUT2D eigenvalue weighted by molar-refractivity contribution is 7.15. The second kappa shape index (κ2) is 9.79. The van der Waals surface area contributed by atoms with E-state index in [0.29, 0.717) is 50.3 Å². The smallest absolute Gasteiger partial charge is 0.263 e. The van der Waals surface area contributed by atoms with Crippen LogP contribution >= 0.6 is 22.9 Å². The minimum absolute atomic E-state index is 0.0337. The first-order chi connectivity index (χ1) is 18.7. The number of alkyl halides is 3. The van der Waals surface area contributed by atoms with Gasteiger partial charge in [-0.05, 0) is 37.5 Å². The van der Waals surface area contributed by atoms with E-state index in [1.165, 1.54) is 17.1 Å². The molecule has 1 atom stereocenters. The zero-order chi connectivity index (χ0) is 27.3. The number of aryl methyl sites for hydroxylation is 1. The van der Waals surface area contributed by atoms with Crippen molar-refractivity contribution in [3.8, 4) is 27.3 Å². The van der Waals surface area contributed by atoms with Gasteiger partial charge in [-0.1, -0.05) is 35.7 Å². The van der Waals surface area contributed by atoms with Crippen molar-refractivity contribution in [2.75, 3.05) is 0 Å². The number of aromatic nitrogens is 8. The number of hydrogen-bond donors (Lipinski definition) is 1. The molecule has 1 aromatic carbocycles. The lowest BCUT2D eigenvalue weighted by molar-refractivity contribution is -0.659. The highest BCUT2D eigenvalue weighted by Crippen LogP contribution is 2.41. The van der Waals surface area contributed by atoms with E-state index in [9.17, 15) is 13.2 Å². The number of H-pyrrole nitrogens is 1. The van der Waals surface area contributed by atoms with E-state index in [1.54, 1.807) is 42.3 Å². The van der Waals surface area contributed by atoms with Crippen molar-refractivity contribution < 1.29 is 22.2 Å². The van der Waals surface area contributed by atoms with Crippen LogP contribution in [0.25, 0.3) is 27.3 Å². The van der Waals surface area contributed by atoms with Crippen molar-refractivity contribution in [2.45, 2.75) is 38.4 Å². The largest absolute Gasteiger partial charge is 0.443 e. The van der Waals surface area contributed by atoms with Crippen LogP contribution in [0.1, 0.15) is 41.7 Å². The maximum atomic E-state index is 15.2. The van der Waals surface area contributed by atoms with Crippen molar-refractivity contribution in [1.82, 2.24) is 35.3 Å². The lowest BCUT2D eigenvalue weighted by atomic mass is 10.0. The van der Waals surface area contributed by atoms with Gasteiger partial charge in [-0.25, -0.2) is 9.37 Å². The van der Waals surface area contributed by atoms with E-state index >= 15 is 4.39 Å². The zero-order valence-electron chi connectivity index (χ0n) is 20.3. The van der Waals surface area contributed by atoms with Crippen LogP contribution in [0.2, 0.25) is 5.02 Å². The molecule has 6 rings (SSSR count). The average Bonchev–Trinajstić information content (AvgIpc) is 3.28. The fourth-order valence-corrected chi connectivity index (χ4v) is 5.57. The fourth-order valence-electron chi connectivity index (χ4n) is 4.50. The van der Waals surface area contributed by atoms with Crippen LogP contribution in [0, 0.1) is 18.7 Å². The van der Waals surface area contributed by atoms with Crippen LogP contribution in [0.15, 0.2) is 49.2 Å². The third-order valence-corrected chi connectivity index (χ3v) is 8.15. The van der Waals surface area contributed by atoms with Crippen molar-refractivity contribution in [3.05, 3.63) is 76.4 Å². The van der Waals surface area contributed by atoms with Gasteiger partial charge in [0.15, 0.2) is 16.0 Å². The SMILES string of the molecule is Cc1nc(C(F)(F)F)sc1-c1cnn([C@@H](CC2CC2)c2ccc(-c3c(-[n+]4cnn[nH]4)ccc(Cl)c3F)cn2)c1. The summed E-state index contributed by atoms with van der Waals surface area (Å²) in [5.41, 5.74) is 2.77. The molecule has 0 aliphatic heterocycles. The predicted octanol–water partition coefficient (Wildman–Crippen LogP) is 5.97. The van der Waals surface area contributed by atoms with Gasteiger partial charge in [-0.3, -0.25) is 9.67 Å². The molecular weight excluding hydrogens is 556 g/mol. The molecule has 0 saturated heterocycles. The highest BCUT2D eigenvalue weighted by atomic mass is 35.5. The number of nitrogens with zero attached hydrogens (tertiary/aromatic N) is 7. The first-order valence-corrected chi connectivity index (χ1v) is 13.2. The summed E-state index contributed by atoms with van der Waals surface area (Å²) in [7, 11) is 0. The molecule has 39 heavy (non-hydrogen) atoms. The fraction of sp³-hybridized carbons (Fsp3) is 0.280. The molecule has 0 amide bonds. The first-order valence-electron chi connectivity index (χ1n) is 12.0. The van der Waals surface area contributed by atoms with Crippen LogP contribution in [-0.2, 0) is 6.18 Å². The van der Waals surface area contributed by atoms with E-state index < -0.39 is 17.0 Å². The molecule has 0 spiro atoms. The van der Waals surface area contributed by atoms with Crippen LogP contribution in [0.3, 0.4) is 0 Å². The Hall–Kier alpha value is -3.71. The molecule has 5 aromatic rings. The summed E-state index contributed by atoms with van der Waals surface area (Å²) < 4.78 is 58.0. The van der Waals surface area contributed by atoms with Gasteiger partial charge in [0.05, 0.1) is 39.1 Å². The van der Waals surface area contributed by atoms with E-state index in [4.69, 9.17) is 11.6 Å². The van der Waals surface area contributed by atoms with Gasteiger partial charge >= 0.3 is 6.18 Å². The second-order valence-corrected chi connectivity index (χ2v) is 10.8. The van der Waals surface area contributed by atoms with Gasteiger partial charge in [0.2, 0.25) is 0 Å². The molecule has 0 unspecified atom stereocenters. The lowest BCUT2D eigenvalue weighted by Crippen LogP contribution is -2.33. The molecule has 0 bridgehead atoms. The molecule has 8 nitrogen and oxygen atoms in total. The third kappa shape index (κ3) is 5.03. The summed E-state index contributed by atoms with van der Waals surface area (Å²) in [5.74, 6) is -0.0948. The number of hydrogen-bond acceptors (Lipinski definition) is 6. The number of benzene rings is 1. The molecule has 14 heteroatoms. The number of rotatable bonds is 7. The molecule has 4 heterocycles. The standard InChI is InChI=1S/C25H19ClF4N8S/c1-13-23(39-24(34-13)25(28,29)30)16-10-33-37(11-16)20(8-14-2-3-14)18-6-4-15(9-31-18)21-19(38-12-32-35-36-38)7-5-17(26)22(21)27/h4-7,9-12,14,20H,2-3,8H2,1H3/p+1/t20-/m0/s1. The van der Waals surface area contributed by atoms with Crippen molar-refractivity contribution in [3.63, 3.8) is 0 Å². The van der Waals surface area contributed by atoms with Crippen LogP contribution in [0.4, 0.5) is 17.6 Å². The summed E-state index contributed by atoms with van der Waals surface area (Å²) in [5, 5.41) is 13.7. The van der Waals surface area contributed by atoms with Crippen LogP contribution < -0.4 is 4.68 Å². The summed E-state index contributed by atoms with van der Waals surface area (Å²) in [6, 6.07) is 6.43. The third-order valence-electron chi connectivity index (χ3n) is 6.60. The van der Waals surface area contributed by atoms with E-state index in [-0.39, 0.29) is 16.6 Å². The Kier molecular flexibility index (Phi) is 6.42. The number of pyridine rings is 1. The average molecular weight is 576 g/mol. The summed E-state index contributed by atoms with van der Waals surface area (Å²) >= 11 is 6.69. The zero-order valence-corrected chi connectivity index (χ0v) is 21.9. The number of thiazole rings is 1. The predicted molar refractivity (Wildman–Crippen MR) is 135 cm³/mol. The highest BCUT2D eigenvalue weighted by Gasteiger charge is 2.36. The van der Waals surface area contributed by atoms with Crippen molar-refractivity contribution >= 4 is 22.9 Å². The molecule has 0 radical (unpaired) electrons. The topological polar surface area (TPSA) is 89.0 Å². The Bertz CT molecular complexity index is 1620. The second-order valence-electron chi connectivity index (χ2n) is 9.36. The molecule has 1 aliphatic rings. The van der Waals surface area contributed by atoms with Crippen molar-refractivity contribution in [1.29, 1.82) is 0 Å². The molecule has 1 N–H and O–H groups in total. The van der Waals surface area contributed by atoms with E-state index in [1.807, 2.05) is 6.07 Å². The normalized spacial score (nSPS) is 14.6. The van der Waals surface area contributed by atoms with Gasteiger partial charge in [0, 0.05) is 23.5 Å². The number of nitrogens with one attached hydrogen (secondary N) is 1. The van der Waals surface area contributed by atoms with Gasteiger partial charge in [-0.2, -0.15) is 18.3 Å². The Morgan fingerprint density at radius 2 is 2.00 bits per heavy atom. The van der Waals surface area contributed by atoms with Gasteiger partial charge < -0.3 is 0 Å². The Morgan fingerprint density at radius 3 is 2.64 bits per heavy atom. The molecule has 1 aliphatic carbocycles. The van der Waals surface area contributed by atoms with Crippen LogP contribution in [0.5, 0.6) is 0 Å². The molecule has 1 saturated carbocycles. The Labute approximate surface area is 228 Å². The maximum Gasteiger partial charge on any atom is 0.443 e. The van der Waals surface area contributed by atoms with E-state index in [2.05, 4.69) is 30.6 Å². The number of aromatic amines is 1. The van der Waals surface area contributed by atoms with Crippen molar-refractivity contribution in [2.24, 2.45) is 5.92 Å². The van der Waals surface area contributed by atoms with Gasteiger partial charge in [0.1, 0.15) is 10.8 Å². The number of tetrazole rings is 1. The quantitative estimate of drug-likeness (QED) is 0.191. The lowest BCUT2D eigenvalue weighted by Gasteiger charge is -2.18. The number of halogens is 5. The Morgan fingerprint density at radius 1 is 1.18 bits per heavy atom. The minimum atomic E-state index is -4.50. The van der Waals surface area contributed by atoms with E-state index in [0.717, 1.165) is 19.3 Å². The maximum absolute atomic E-state index is 15.2. The summed E-state index contributed by atoms with van der Waals surface area (Å²) in [6.07, 6.45) is 4.74. The first kappa shape index (κ1) is 25.6. The monoisotopic (exact) mass is 575 g/mol. The summed E-state index contributed by atoms with van der Waals surface area (Å²) in [4.78, 5) is 8.79. The van der Waals surface area contributed by atoms with Gasteiger partial charge in [-0.15, -0.1) is 16.0 Å². The molecular formula is C25H20ClF4N8S+. The Balaban J connectivity index is 1.35. The minimum Gasteiger partial charge on any atom is -0.263 e. The van der Waals surface area contributed by atoms with Gasteiger partial charge in [0.25, 0.3) is 6.33 Å². The molecule has 4 aromatic heterocycles.